The SMILES string of the molecule is COC[C@H]1[C@@H](OC)[C@H]([n+]2cn(C)c3c(=O)[nH]c(N)nc32)O[C@@H]1COP(=O)(O)OP(=O)(O)OP(=O)(O)OC[C@H]1O[C@@H](n2cnc3c(N)ncnc32)[C@H](OC)[C@@H]1P(=O)(O)OC[C@H]1O[C@@H](n2ccc(=O)[nH]c2=O)[C@H](O)[C@@H]1O. The Kier molecular flexibility index (Phi) is 16.1. The summed E-state index contributed by atoms with van der Waals surface area (Å²) >= 11 is 0. The molecule has 0 bridgehead atoms. The van der Waals surface area contributed by atoms with Crippen LogP contribution in [0.1, 0.15) is 18.7 Å². The second-order valence-electron chi connectivity index (χ2n) is 16.6. The van der Waals surface area contributed by atoms with Crippen LogP contribution in [-0.2, 0) is 75.9 Å². The van der Waals surface area contributed by atoms with Crippen molar-refractivity contribution in [2.24, 2.45) is 13.0 Å². The Balaban J connectivity index is 0.962. The van der Waals surface area contributed by atoms with Crippen molar-refractivity contribution < 1.29 is 103 Å². The van der Waals surface area contributed by atoms with E-state index in [2.05, 4.69) is 33.5 Å². The van der Waals surface area contributed by atoms with Crippen LogP contribution in [0.25, 0.3) is 22.3 Å². The topological polar surface area (TPSA) is 496 Å². The number of aromatic amines is 2. The van der Waals surface area contributed by atoms with Crippen LogP contribution in [-0.4, -0.2) is 170 Å². The fourth-order valence-electron chi connectivity index (χ4n) is 8.74. The van der Waals surface area contributed by atoms with Crippen molar-refractivity contribution in [1.29, 1.82) is 0 Å². The van der Waals surface area contributed by atoms with E-state index < -0.39 is 141 Å². The van der Waals surface area contributed by atoms with Gasteiger partial charge in [-0.2, -0.15) is 8.62 Å². The number of nitrogens with one attached hydrogen (secondary N) is 2. The second kappa shape index (κ2) is 21.4. The number of aromatic nitrogens is 10. The molecule has 3 aliphatic heterocycles. The average molecular weight is 1130 g/mol. The van der Waals surface area contributed by atoms with Gasteiger partial charge in [0, 0.05) is 39.5 Å². The van der Waals surface area contributed by atoms with Gasteiger partial charge in [-0.3, -0.25) is 46.9 Å². The van der Waals surface area contributed by atoms with Gasteiger partial charge in [-0.1, -0.05) is 4.98 Å². The van der Waals surface area contributed by atoms with Gasteiger partial charge in [-0.25, -0.2) is 38.0 Å². The van der Waals surface area contributed by atoms with E-state index in [1.54, 1.807) is 7.05 Å². The third-order valence-corrected chi connectivity index (χ3v) is 18.1. The Hall–Kier alpha value is -4.58. The van der Waals surface area contributed by atoms with Crippen molar-refractivity contribution in [3.05, 3.63) is 62.4 Å². The highest BCUT2D eigenvalue weighted by Crippen LogP contribution is 2.68. The Morgan fingerprint density at radius 1 is 0.770 bits per heavy atom. The van der Waals surface area contributed by atoms with E-state index in [0.717, 1.165) is 36.6 Å². The molecule has 74 heavy (non-hydrogen) atoms. The van der Waals surface area contributed by atoms with Crippen molar-refractivity contribution in [3.63, 3.8) is 0 Å². The third-order valence-electron chi connectivity index (χ3n) is 11.9. The fourth-order valence-corrected chi connectivity index (χ4v) is 14.0. The van der Waals surface area contributed by atoms with Crippen LogP contribution in [0.2, 0.25) is 0 Å². The normalized spacial score (nSPS) is 30.6. The highest BCUT2D eigenvalue weighted by molar-refractivity contribution is 7.66. The number of nitrogen functional groups attached to an aromatic ring is 2. The standard InChI is InChI=1S/C34H48N12O24P4/c1-43-13-46(28-20(43)29(50)42-33(36)41-28)31-23(61-3)14(7-60-2)15(66-31)8-64-72(54,55)69-74(58,59)70-73(56,57)65-10-17-25(24(62-4)32(68-17)45-12-39-19-26(35)37-11-38-27(19)45)71(52,53)63-9-16-21(48)22(49)30(67-16)44-6-5-18(47)40-34(44)51/h5-6,11-17,21-25,30-32,48-49H,7-10H2,1-4H3,(H9-,35,36,37,38,40,41,42,47,50,51,52,53,54,55,56,57,58,59)/p+1/t14-,15-,16-,17-,21-,22-,23-,24-,25-,30-,31-,32-/m1/s1. The van der Waals surface area contributed by atoms with Gasteiger partial charge in [0.2, 0.25) is 11.7 Å². The number of nitrogens with zero attached hydrogens (tertiary/aromatic N) is 8. The summed E-state index contributed by atoms with van der Waals surface area (Å²) in [6.07, 6.45) is -10.6. The van der Waals surface area contributed by atoms with E-state index >= 15 is 0 Å². The first kappa shape index (κ1) is 55.6. The number of phosphoric ester groups is 2. The van der Waals surface area contributed by atoms with Crippen LogP contribution < -0.4 is 32.8 Å². The van der Waals surface area contributed by atoms with Gasteiger partial charge in [-0.15, -0.1) is 0 Å². The number of imidazole rings is 2. The molecule has 0 aliphatic carbocycles. The number of ether oxygens (including phenoxy) is 6. The molecule has 3 fully saturated rings. The minimum absolute atomic E-state index is 0.000190. The van der Waals surface area contributed by atoms with Gasteiger partial charge in [0.15, 0.2) is 30.2 Å². The molecule has 0 saturated carbocycles. The molecule has 8 heterocycles. The quantitative estimate of drug-likeness (QED) is 0.0255. The molecular formula is C34H49N12O24P4+. The summed E-state index contributed by atoms with van der Waals surface area (Å²) in [6.45, 7) is -3.27. The maximum Gasteiger partial charge on any atom is 0.490 e. The molecule has 3 saturated heterocycles. The number of anilines is 2. The highest BCUT2D eigenvalue weighted by Gasteiger charge is 2.58. The first-order valence-electron chi connectivity index (χ1n) is 21.3. The van der Waals surface area contributed by atoms with Crippen molar-refractivity contribution in [2.75, 3.05) is 59.2 Å². The van der Waals surface area contributed by atoms with Crippen molar-refractivity contribution in [2.45, 2.75) is 67.1 Å². The summed E-state index contributed by atoms with van der Waals surface area (Å²) in [7, 11) is -17.9. The van der Waals surface area contributed by atoms with Crippen molar-refractivity contribution in [1.82, 2.24) is 43.6 Å². The van der Waals surface area contributed by atoms with E-state index in [1.165, 1.54) is 34.2 Å². The molecule has 12 N–H and O–H groups in total. The molecule has 0 spiro atoms. The summed E-state index contributed by atoms with van der Waals surface area (Å²) in [5.41, 5.74) is 7.58. The van der Waals surface area contributed by atoms with Crippen LogP contribution in [0.15, 0.2) is 45.6 Å². The average Bonchev–Trinajstić information content (AvgIpc) is 4.12. The number of aryl methyl sites for hydroxylation is 1. The van der Waals surface area contributed by atoms with Gasteiger partial charge in [0.1, 0.15) is 54.1 Å². The number of fused-ring (bicyclic) bond motifs is 2. The molecule has 0 radical (unpaired) electrons. The molecule has 5 aromatic heterocycles. The van der Waals surface area contributed by atoms with E-state index in [-0.39, 0.29) is 40.7 Å². The molecule has 4 unspecified atom stereocenters. The molecule has 5 aromatic rings. The third kappa shape index (κ3) is 11.3. The monoisotopic (exact) mass is 1130 g/mol. The lowest BCUT2D eigenvalue weighted by Gasteiger charge is -2.28. The number of aliphatic hydroxyl groups is 2. The number of methoxy groups -OCH3 is 3. The Bertz CT molecular complexity index is 3260. The van der Waals surface area contributed by atoms with Crippen LogP contribution in [0.3, 0.4) is 0 Å². The maximum absolute atomic E-state index is 14.3. The number of rotatable bonds is 21. The van der Waals surface area contributed by atoms with Crippen LogP contribution in [0, 0.1) is 5.92 Å². The molecule has 3 aliphatic rings. The zero-order valence-electron chi connectivity index (χ0n) is 38.7. The van der Waals surface area contributed by atoms with Crippen molar-refractivity contribution in [3.8, 4) is 0 Å². The van der Waals surface area contributed by atoms with Gasteiger partial charge < -0.3 is 74.2 Å². The lowest BCUT2D eigenvalue weighted by atomic mass is 9.99. The van der Waals surface area contributed by atoms with Crippen LogP contribution >= 0.6 is 31.1 Å². The minimum atomic E-state index is -6.17. The molecule has 16 atom stereocenters. The predicted molar refractivity (Wildman–Crippen MR) is 241 cm³/mol. The van der Waals surface area contributed by atoms with E-state index in [4.69, 9.17) is 53.5 Å². The van der Waals surface area contributed by atoms with E-state index in [9.17, 15) is 62.4 Å². The number of hydrogen-bond acceptors (Lipinski definition) is 26. The van der Waals surface area contributed by atoms with Gasteiger partial charge in [0.05, 0.1) is 45.9 Å². The van der Waals surface area contributed by atoms with Gasteiger partial charge >= 0.3 is 42.4 Å². The first-order chi connectivity index (χ1) is 34.8. The Labute approximate surface area is 412 Å². The predicted octanol–water partition coefficient (Wildman–Crippen LogP) is -3.25. The first-order valence-corrected chi connectivity index (χ1v) is 27.5. The molecule has 36 nitrogen and oxygen atoms in total. The summed E-state index contributed by atoms with van der Waals surface area (Å²) in [4.78, 5) is 101. The van der Waals surface area contributed by atoms with Crippen LogP contribution in [0.5, 0.6) is 0 Å². The molecule has 0 amide bonds. The number of nitrogens with two attached hydrogens (primary N) is 2. The molecule has 0 aromatic carbocycles. The zero-order valence-corrected chi connectivity index (χ0v) is 42.3. The number of phosphoric acid groups is 3. The smallest absolute Gasteiger partial charge is 0.387 e. The van der Waals surface area contributed by atoms with E-state index in [0.29, 0.717) is 0 Å². The Morgan fingerprint density at radius 3 is 2.07 bits per heavy atom. The second-order valence-corrected chi connectivity index (χ2v) is 23.2. The highest BCUT2D eigenvalue weighted by atomic mass is 31.3. The van der Waals surface area contributed by atoms with Crippen molar-refractivity contribution >= 4 is 65.2 Å². The zero-order chi connectivity index (χ0) is 53.8. The fraction of sp³-hybridized carbons (Fsp3) is 0.588. The summed E-state index contributed by atoms with van der Waals surface area (Å²) in [5, 5.41) is 21.5. The summed E-state index contributed by atoms with van der Waals surface area (Å²) < 4.78 is 117. The lowest BCUT2D eigenvalue weighted by Crippen LogP contribution is -2.46. The largest absolute Gasteiger partial charge is 0.490 e. The molecular weight excluding hydrogens is 1080 g/mol. The Morgan fingerprint density at radius 2 is 1.42 bits per heavy atom. The van der Waals surface area contributed by atoms with Crippen LogP contribution in [0.4, 0.5) is 11.8 Å². The van der Waals surface area contributed by atoms with Gasteiger partial charge in [0.25, 0.3) is 17.1 Å². The number of aliphatic hydroxyl groups excluding tert-OH is 2. The summed E-state index contributed by atoms with van der Waals surface area (Å²) in [5.74, 6) is -1.11. The number of H-pyrrole nitrogens is 2. The number of hydrogen-bond donors (Lipinski definition) is 10. The minimum Gasteiger partial charge on any atom is -0.387 e. The maximum atomic E-state index is 14.3. The molecule has 408 valence electrons. The summed E-state index contributed by atoms with van der Waals surface area (Å²) in [6, 6.07) is 0.931. The molecule has 40 heteroatoms. The van der Waals surface area contributed by atoms with E-state index in [1.807, 2.05) is 4.98 Å². The lowest BCUT2D eigenvalue weighted by molar-refractivity contribution is -0.746. The van der Waals surface area contributed by atoms with Gasteiger partial charge in [-0.05, 0) is 0 Å². The molecule has 8 rings (SSSR count).